The Balaban J connectivity index is 1.58. The lowest BCUT2D eigenvalue weighted by atomic mass is 9.97. The Bertz CT molecular complexity index is 1490. The van der Waals surface area contributed by atoms with Gasteiger partial charge in [0.1, 0.15) is 5.52 Å². The Morgan fingerprint density at radius 3 is 2.76 bits per heavy atom. The largest absolute Gasteiger partial charge is 0.417 e. The quantitative estimate of drug-likeness (QED) is 0.325. The van der Waals surface area contributed by atoms with Crippen molar-refractivity contribution in [1.82, 2.24) is 35.4 Å². The highest BCUT2D eigenvalue weighted by atomic mass is 35.5. The summed E-state index contributed by atoms with van der Waals surface area (Å²) in [6.45, 7) is 1.86. The van der Waals surface area contributed by atoms with Gasteiger partial charge < -0.3 is 15.6 Å². The number of hydrogen-bond acceptors (Lipinski definition) is 5. The first kappa shape index (κ1) is 25.0. The molecular weight excluding hydrogens is 507 g/mol. The lowest BCUT2D eigenvalue weighted by Crippen LogP contribution is -2.29. The summed E-state index contributed by atoms with van der Waals surface area (Å²) in [5, 5.41) is 10.3. The van der Waals surface area contributed by atoms with Crippen LogP contribution in [0.25, 0.3) is 34.1 Å². The van der Waals surface area contributed by atoms with Crippen LogP contribution in [0.15, 0.2) is 43.0 Å². The van der Waals surface area contributed by atoms with Crippen molar-refractivity contribution in [3.63, 3.8) is 0 Å². The van der Waals surface area contributed by atoms with Gasteiger partial charge in [-0.3, -0.25) is 9.48 Å². The zero-order valence-electron chi connectivity index (χ0n) is 19.7. The predicted octanol–water partition coefficient (Wildman–Crippen LogP) is 4.70. The number of rotatable bonds is 5. The van der Waals surface area contributed by atoms with E-state index >= 15 is 0 Å². The summed E-state index contributed by atoms with van der Waals surface area (Å²) in [4.78, 5) is 24.8. The van der Waals surface area contributed by atoms with Gasteiger partial charge in [-0.25, -0.2) is 9.97 Å². The number of fused-ring (bicyclic) bond motifs is 1. The molecule has 1 saturated heterocycles. The third-order valence-electron chi connectivity index (χ3n) is 6.34. The number of hydrogen-bond donors (Lipinski definition) is 3. The van der Waals surface area contributed by atoms with Gasteiger partial charge in [0.2, 0.25) is 0 Å². The Hall–Kier alpha value is -3.70. The van der Waals surface area contributed by atoms with E-state index in [0.29, 0.717) is 28.5 Å². The molecule has 1 aliphatic rings. The number of aromatic amines is 1. The molecule has 1 aromatic carbocycles. The smallest absolute Gasteiger partial charge is 0.355 e. The maximum atomic E-state index is 13.8. The minimum atomic E-state index is -4.69. The molecule has 0 saturated carbocycles. The number of H-pyrrole nitrogens is 1. The van der Waals surface area contributed by atoms with Crippen LogP contribution in [-0.4, -0.2) is 50.8 Å². The van der Waals surface area contributed by atoms with Crippen molar-refractivity contribution < 1.29 is 18.0 Å². The van der Waals surface area contributed by atoms with E-state index in [0.717, 1.165) is 49.7 Å². The normalized spacial score (nSPS) is 15.3. The number of alkyl halides is 3. The molecule has 1 amide bonds. The first-order valence-electron chi connectivity index (χ1n) is 11.6. The van der Waals surface area contributed by atoms with Crippen molar-refractivity contribution in [3.8, 4) is 11.3 Å². The molecule has 1 fully saturated rings. The molecule has 37 heavy (non-hydrogen) atoms. The maximum absolute atomic E-state index is 13.8. The van der Waals surface area contributed by atoms with Gasteiger partial charge in [0.25, 0.3) is 5.91 Å². The number of aromatic nitrogens is 5. The molecule has 4 aromatic rings. The predicted molar refractivity (Wildman–Crippen MR) is 135 cm³/mol. The average molecular weight is 530 g/mol. The molecule has 4 heterocycles. The summed E-state index contributed by atoms with van der Waals surface area (Å²) in [6, 6.07) is 3.44. The summed E-state index contributed by atoms with van der Waals surface area (Å²) in [5.74, 6) is -0.700. The third kappa shape index (κ3) is 5.09. The molecule has 0 spiro atoms. The maximum Gasteiger partial charge on any atom is 0.417 e. The summed E-state index contributed by atoms with van der Waals surface area (Å²) < 4.78 is 43.3. The zero-order valence-corrected chi connectivity index (χ0v) is 20.5. The van der Waals surface area contributed by atoms with E-state index in [9.17, 15) is 18.0 Å². The molecule has 0 atom stereocenters. The average Bonchev–Trinajstić information content (AvgIpc) is 3.54. The van der Waals surface area contributed by atoms with Crippen molar-refractivity contribution >= 4 is 40.3 Å². The fourth-order valence-corrected chi connectivity index (χ4v) is 4.62. The van der Waals surface area contributed by atoms with Gasteiger partial charge in [0, 0.05) is 46.7 Å². The van der Waals surface area contributed by atoms with Crippen LogP contribution < -0.4 is 10.6 Å². The summed E-state index contributed by atoms with van der Waals surface area (Å²) in [7, 11) is 1.35. The van der Waals surface area contributed by atoms with Gasteiger partial charge >= 0.3 is 6.18 Å². The monoisotopic (exact) mass is 529 g/mol. The van der Waals surface area contributed by atoms with Crippen LogP contribution in [0, 0.1) is 0 Å². The van der Waals surface area contributed by atoms with Gasteiger partial charge in [-0.2, -0.15) is 18.3 Å². The van der Waals surface area contributed by atoms with Gasteiger partial charge in [0.15, 0.2) is 5.65 Å². The van der Waals surface area contributed by atoms with Crippen LogP contribution in [-0.2, 0) is 11.0 Å². The van der Waals surface area contributed by atoms with E-state index in [4.69, 9.17) is 16.6 Å². The molecule has 0 unspecified atom stereocenters. The molecule has 12 heteroatoms. The second-order valence-electron chi connectivity index (χ2n) is 8.71. The fraction of sp³-hybridized carbons (Fsp3) is 0.280. The first-order chi connectivity index (χ1) is 17.7. The minimum Gasteiger partial charge on any atom is -0.355 e. The number of carbonyl (C=O) groups is 1. The molecule has 0 radical (unpaired) electrons. The summed E-state index contributed by atoms with van der Waals surface area (Å²) >= 11 is 6.02. The van der Waals surface area contributed by atoms with Crippen LogP contribution in [0.1, 0.15) is 35.6 Å². The molecule has 192 valence electrons. The molecular formula is C25H23ClF3N7O. The van der Waals surface area contributed by atoms with E-state index in [1.807, 2.05) is 10.9 Å². The number of nitrogens with one attached hydrogen (secondary N) is 3. The molecule has 1 aliphatic heterocycles. The van der Waals surface area contributed by atoms with Crippen LogP contribution in [0.2, 0.25) is 5.02 Å². The molecule has 8 nitrogen and oxygen atoms in total. The summed E-state index contributed by atoms with van der Waals surface area (Å²) in [6.07, 6.45) is 5.42. The standard InChI is InChI=1S/C25H23ClF3N7O/c1-30-24(37)19(18-9-16(26)2-3-20(18)25(27,28)29)8-14-10-32-23-22(14)35-21(12-33-23)15-11-34-36(13-15)17-4-6-31-7-5-17/h2-3,8-13,17,31H,4-7H2,1H3,(H,30,37)(H,32,33). The highest BCUT2D eigenvalue weighted by Crippen LogP contribution is 2.37. The first-order valence-corrected chi connectivity index (χ1v) is 12.0. The van der Waals surface area contributed by atoms with Gasteiger partial charge in [-0.15, -0.1) is 0 Å². The molecule has 0 aliphatic carbocycles. The number of halogens is 4. The number of piperidine rings is 1. The van der Waals surface area contributed by atoms with E-state index in [1.165, 1.54) is 13.1 Å². The number of nitrogens with zero attached hydrogens (tertiary/aromatic N) is 4. The van der Waals surface area contributed by atoms with Crippen LogP contribution in [0.5, 0.6) is 0 Å². The van der Waals surface area contributed by atoms with Crippen molar-refractivity contribution in [2.75, 3.05) is 20.1 Å². The Kier molecular flexibility index (Phi) is 6.74. The second kappa shape index (κ2) is 9.98. The van der Waals surface area contributed by atoms with E-state index in [-0.39, 0.29) is 16.2 Å². The lowest BCUT2D eigenvalue weighted by Gasteiger charge is -2.22. The van der Waals surface area contributed by atoms with E-state index in [2.05, 4.69) is 25.7 Å². The molecule has 3 N–H and O–H groups in total. The topological polar surface area (TPSA) is 101 Å². The Morgan fingerprint density at radius 2 is 2.03 bits per heavy atom. The van der Waals surface area contributed by atoms with Crippen LogP contribution >= 0.6 is 11.6 Å². The third-order valence-corrected chi connectivity index (χ3v) is 6.57. The Labute approximate surface area is 214 Å². The van der Waals surface area contributed by atoms with Crippen LogP contribution in [0.3, 0.4) is 0 Å². The highest BCUT2D eigenvalue weighted by Gasteiger charge is 2.35. The highest BCUT2D eigenvalue weighted by molar-refractivity contribution is 6.31. The molecule has 3 aromatic heterocycles. The number of likely N-dealkylation sites (N-methyl/N-ethyl adjacent to an activating group) is 1. The molecule has 5 rings (SSSR count). The number of carbonyl (C=O) groups excluding carboxylic acids is 1. The lowest BCUT2D eigenvalue weighted by molar-refractivity contribution is -0.137. The Morgan fingerprint density at radius 1 is 1.24 bits per heavy atom. The van der Waals surface area contributed by atoms with E-state index < -0.39 is 17.6 Å². The number of benzene rings is 1. The van der Waals surface area contributed by atoms with Gasteiger partial charge in [0.05, 0.1) is 29.7 Å². The van der Waals surface area contributed by atoms with Gasteiger partial charge in [-0.05, 0) is 50.2 Å². The van der Waals surface area contributed by atoms with Gasteiger partial charge in [-0.1, -0.05) is 11.6 Å². The van der Waals surface area contributed by atoms with Crippen LogP contribution in [0.4, 0.5) is 13.2 Å². The number of amides is 1. The van der Waals surface area contributed by atoms with E-state index in [1.54, 1.807) is 18.6 Å². The molecule has 0 bridgehead atoms. The second-order valence-corrected chi connectivity index (χ2v) is 9.15. The van der Waals surface area contributed by atoms with Crippen molar-refractivity contribution in [2.24, 2.45) is 0 Å². The van der Waals surface area contributed by atoms with Crippen molar-refractivity contribution in [1.29, 1.82) is 0 Å². The van der Waals surface area contributed by atoms with Crippen molar-refractivity contribution in [2.45, 2.75) is 25.1 Å². The minimum absolute atomic E-state index is 0.0737. The van der Waals surface area contributed by atoms with Crippen molar-refractivity contribution in [3.05, 3.63) is 64.7 Å². The fourth-order valence-electron chi connectivity index (χ4n) is 4.44. The summed E-state index contributed by atoms with van der Waals surface area (Å²) in [5.41, 5.74) is 1.06. The SMILES string of the molecule is CNC(=O)C(=Cc1c[nH]c2ncc(-c3cnn(C4CCNCC4)c3)nc12)c1cc(Cl)ccc1C(F)(F)F. The zero-order chi connectivity index (χ0) is 26.2.